The average Bonchev–Trinajstić information content (AvgIpc) is 3.07. The molecule has 2 aromatic rings. The smallest absolute Gasteiger partial charge is 0.00967 e. The first-order valence-electron chi connectivity index (χ1n) is 9.06. The zero-order valence-corrected chi connectivity index (χ0v) is 15.9. The summed E-state index contributed by atoms with van der Waals surface area (Å²) in [5.74, 6) is 0.602. The molecule has 0 fully saturated rings. The van der Waals surface area contributed by atoms with E-state index in [1.807, 2.05) is 0 Å². The zero-order chi connectivity index (χ0) is 17.6. The van der Waals surface area contributed by atoms with Crippen molar-refractivity contribution in [3.05, 3.63) is 89.0 Å². The topological polar surface area (TPSA) is 12.0 Å². The molecule has 25 heavy (non-hydrogen) atoms. The molecular weight excluding hydrogens is 322 g/mol. The highest BCUT2D eigenvalue weighted by Crippen LogP contribution is 2.31. The standard InChI is InChI=1S/C23H27NS/c1-3-18-15-22-6-4-5-21(23(22)16-18)12-11-20(13-14-24-25)19-9-7-17(2)8-10-19/h3-11,18,24-25H,1,12-16H2,2H3/b20-11+. The van der Waals surface area contributed by atoms with Crippen molar-refractivity contribution >= 4 is 18.4 Å². The molecule has 1 atom stereocenters. The SMILES string of the molecule is C=CC1Cc2cccc(C/C=C(\CCNS)c3ccc(C)cc3)c2C1. The fraction of sp³-hybridized carbons (Fsp3) is 0.304. The molecule has 1 unspecified atom stereocenters. The van der Waals surface area contributed by atoms with Crippen molar-refractivity contribution < 1.29 is 0 Å². The molecule has 0 radical (unpaired) electrons. The molecule has 0 amide bonds. The molecule has 3 rings (SSSR count). The van der Waals surface area contributed by atoms with E-state index >= 15 is 0 Å². The molecule has 0 spiro atoms. The van der Waals surface area contributed by atoms with Crippen molar-refractivity contribution in [2.75, 3.05) is 6.54 Å². The summed E-state index contributed by atoms with van der Waals surface area (Å²) >= 11 is 4.15. The van der Waals surface area contributed by atoms with E-state index < -0.39 is 0 Å². The second kappa shape index (κ2) is 8.55. The fourth-order valence-electron chi connectivity index (χ4n) is 3.67. The maximum atomic E-state index is 4.15. The van der Waals surface area contributed by atoms with Crippen molar-refractivity contribution in [1.29, 1.82) is 0 Å². The maximum absolute atomic E-state index is 4.15. The molecule has 1 N–H and O–H groups in total. The van der Waals surface area contributed by atoms with E-state index in [0.717, 1.165) is 32.2 Å². The highest BCUT2D eigenvalue weighted by molar-refractivity contribution is 7.78. The molecule has 0 heterocycles. The van der Waals surface area contributed by atoms with E-state index in [1.54, 1.807) is 5.56 Å². The second-order valence-corrected chi connectivity index (χ2v) is 7.23. The molecule has 0 aromatic heterocycles. The fourth-order valence-corrected chi connectivity index (χ4v) is 3.78. The summed E-state index contributed by atoms with van der Waals surface area (Å²) in [4.78, 5) is 0. The summed E-state index contributed by atoms with van der Waals surface area (Å²) in [7, 11) is 0. The van der Waals surface area contributed by atoms with Gasteiger partial charge in [-0.15, -0.1) is 6.58 Å². The van der Waals surface area contributed by atoms with Crippen LogP contribution in [0.15, 0.2) is 61.2 Å². The van der Waals surface area contributed by atoms with Crippen molar-refractivity contribution in [2.45, 2.75) is 32.6 Å². The Morgan fingerprint density at radius 1 is 1.20 bits per heavy atom. The van der Waals surface area contributed by atoms with Crippen LogP contribution in [0.2, 0.25) is 0 Å². The normalized spacial score (nSPS) is 16.7. The van der Waals surface area contributed by atoms with E-state index in [0.29, 0.717) is 5.92 Å². The summed E-state index contributed by atoms with van der Waals surface area (Å²) in [6.07, 6.45) is 8.76. The van der Waals surface area contributed by atoms with Crippen LogP contribution < -0.4 is 4.72 Å². The van der Waals surface area contributed by atoms with Crippen LogP contribution in [-0.4, -0.2) is 6.54 Å². The Hall–Kier alpha value is -1.77. The number of thiol groups is 1. The Labute approximate surface area is 157 Å². The van der Waals surface area contributed by atoms with Gasteiger partial charge in [0.1, 0.15) is 0 Å². The lowest BCUT2D eigenvalue weighted by molar-refractivity contribution is 0.705. The number of nitrogens with one attached hydrogen (secondary N) is 1. The van der Waals surface area contributed by atoms with Crippen molar-refractivity contribution in [1.82, 2.24) is 4.72 Å². The Morgan fingerprint density at radius 3 is 2.72 bits per heavy atom. The van der Waals surface area contributed by atoms with Crippen molar-refractivity contribution in [2.24, 2.45) is 5.92 Å². The predicted octanol–water partition coefficient (Wildman–Crippen LogP) is 5.35. The molecule has 2 aromatic carbocycles. The molecule has 2 heteroatoms. The monoisotopic (exact) mass is 349 g/mol. The van der Waals surface area contributed by atoms with Gasteiger partial charge in [0.05, 0.1) is 0 Å². The molecule has 1 aliphatic carbocycles. The molecule has 1 aliphatic rings. The van der Waals surface area contributed by atoms with E-state index in [1.165, 1.54) is 27.8 Å². The minimum Gasteiger partial charge on any atom is -0.266 e. The van der Waals surface area contributed by atoms with Crippen molar-refractivity contribution in [3.8, 4) is 0 Å². The highest BCUT2D eigenvalue weighted by atomic mass is 32.1. The van der Waals surface area contributed by atoms with Gasteiger partial charge in [-0.05, 0) is 66.4 Å². The summed E-state index contributed by atoms with van der Waals surface area (Å²) in [5, 5.41) is 0. The first-order chi connectivity index (χ1) is 12.2. The van der Waals surface area contributed by atoms with Crippen LogP contribution in [0.5, 0.6) is 0 Å². The molecule has 0 saturated heterocycles. The Balaban J connectivity index is 1.84. The van der Waals surface area contributed by atoms with Gasteiger partial charge in [-0.3, -0.25) is 4.72 Å². The van der Waals surface area contributed by atoms with E-state index in [2.05, 4.69) is 85.7 Å². The molecule has 0 aliphatic heterocycles. The van der Waals surface area contributed by atoms with Crippen LogP contribution in [0.25, 0.3) is 5.57 Å². The maximum Gasteiger partial charge on any atom is 0.00967 e. The number of hydrogen-bond acceptors (Lipinski definition) is 2. The minimum absolute atomic E-state index is 0.602. The number of aryl methyl sites for hydroxylation is 1. The van der Waals surface area contributed by atoms with Crippen LogP contribution in [0.3, 0.4) is 0 Å². The van der Waals surface area contributed by atoms with E-state index in [-0.39, 0.29) is 0 Å². The Morgan fingerprint density at radius 2 is 2.00 bits per heavy atom. The third-order valence-electron chi connectivity index (χ3n) is 5.15. The van der Waals surface area contributed by atoms with E-state index in [9.17, 15) is 0 Å². The van der Waals surface area contributed by atoms with Crippen LogP contribution in [0, 0.1) is 12.8 Å². The quantitative estimate of drug-likeness (QED) is 0.507. The Kier molecular flexibility index (Phi) is 6.17. The first-order valence-corrected chi connectivity index (χ1v) is 9.51. The molecule has 0 saturated carbocycles. The van der Waals surface area contributed by atoms with Crippen LogP contribution >= 0.6 is 12.8 Å². The predicted molar refractivity (Wildman–Crippen MR) is 112 cm³/mol. The second-order valence-electron chi connectivity index (χ2n) is 6.92. The lowest BCUT2D eigenvalue weighted by Crippen LogP contribution is -2.03. The minimum atomic E-state index is 0.602. The molecular formula is C23H27NS. The lowest BCUT2D eigenvalue weighted by Gasteiger charge is -2.11. The molecule has 1 nitrogen and oxygen atoms in total. The third-order valence-corrected chi connectivity index (χ3v) is 5.37. The number of rotatable bonds is 7. The van der Waals surface area contributed by atoms with Gasteiger partial charge in [0.15, 0.2) is 0 Å². The van der Waals surface area contributed by atoms with Gasteiger partial charge in [0.25, 0.3) is 0 Å². The van der Waals surface area contributed by atoms with Crippen LogP contribution in [-0.2, 0) is 19.3 Å². The van der Waals surface area contributed by atoms with Gasteiger partial charge in [-0.25, -0.2) is 0 Å². The van der Waals surface area contributed by atoms with Gasteiger partial charge < -0.3 is 0 Å². The first kappa shape index (κ1) is 18.0. The van der Waals surface area contributed by atoms with Gasteiger partial charge in [-0.2, -0.15) is 0 Å². The summed E-state index contributed by atoms with van der Waals surface area (Å²) < 4.78 is 2.98. The number of benzene rings is 2. The van der Waals surface area contributed by atoms with Gasteiger partial charge >= 0.3 is 0 Å². The summed E-state index contributed by atoms with van der Waals surface area (Å²) in [6.45, 7) is 6.98. The lowest BCUT2D eigenvalue weighted by atomic mass is 9.96. The average molecular weight is 350 g/mol. The largest absolute Gasteiger partial charge is 0.266 e. The van der Waals surface area contributed by atoms with Gasteiger partial charge in [0, 0.05) is 6.54 Å². The zero-order valence-electron chi connectivity index (χ0n) is 15.0. The third kappa shape index (κ3) is 4.45. The Bertz CT molecular complexity index is 758. The van der Waals surface area contributed by atoms with E-state index in [4.69, 9.17) is 0 Å². The molecule has 130 valence electrons. The van der Waals surface area contributed by atoms with Gasteiger partial charge in [0.2, 0.25) is 0 Å². The van der Waals surface area contributed by atoms with Crippen LogP contribution in [0.4, 0.5) is 0 Å². The summed E-state index contributed by atoms with van der Waals surface area (Å²) in [6, 6.07) is 15.6. The number of allylic oxidation sites excluding steroid dienone is 2. The number of hydrogen-bond donors (Lipinski definition) is 2. The van der Waals surface area contributed by atoms with Crippen molar-refractivity contribution in [3.63, 3.8) is 0 Å². The highest BCUT2D eigenvalue weighted by Gasteiger charge is 2.20. The molecule has 0 bridgehead atoms. The number of fused-ring (bicyclic) bond motifs is 1. The van der Waals surface area contributed by atoms with Gasteiger partial charge in [-0.1, -0.05) is 73.0 Å². The summed E-state index contributed by atoms with van der Waals surface area (Å²) in [5.41, 5.74) is 8.50. The van der Waals surface area contributed by atoms with Crippen LogP contribution in [0.1, 0.15) is 34.2 Å².